The van der Waals surface area contributed by atoms with Crippen LogP contribution in [0, 0.1) is 11.8 Å². The van der Waals surface area contributed by atoms with E-state index < -0.39 is 175 Å². The molecule has 12 atom stereocenters. The third-order valence-corrected chi connectivity index (χ3v) is 18.0. The summed E-state index contributed by atoms with van der Waals surface area (Å²) in [5.74, 6) is -14.0. The van der Waals surface area contributed by atoms with Crippen molar-refractivity contribution in [1.29, 1.82) is 0 Å². The molecule has 0 radical (unpaired) electrons. The van der Waals surface area contributed by atoms with Gasteiger partial charge in [-0.2, -0.15) is 11.8 Å². The molecule has 1 fully saturated rings. The van der Waals surface area contributed by atoms with Gasteiger partial charge in [0.2, 0.25) is 65.0 Å². The lowest BCUT2D eigenvalue weighted by Gasteiger charge is -2.29. The van der Waals surface area contributed by atoms with Crippen molar-refractivity contribution in [3.05, 3.63) is 84.5 Å². The first-order valence-electron chi connectivity index (χ1n) is 32.7. The molecule has 1 saturated carbocycles. The molecule has 34 nitrogen and oxygen atoms in total. The number of carboxylic acid groups (broad SMARTS) is 2. The number of thioether (sulfide) groups is 1. The van der Waals surface area contributed by atoms with Gasteiger partial charge in [-0.25, -0.2) is 9.78 Å². The largest absolute Gasteiger partial charge is 0.481 e. The Kier molecular flexibility index (Phi) is 28.3. The Hall–Kier alpha value is -9.90. The van der Waals surface area contributed by atoms with E-state index in [-0.39, 0.29) is 86.6 Å². The fourth-order valence-corrected chi connectivity index (χ4v) is 12.1. The number of aliphatic hydroxyl groups is 1. The molecule has 536 valence electrons. The van der Waals surface area contributed by atoms with E-state index in [4.69, 9.17) is 0 Å². The number of benzene rings is 1. The molecule has 5 heterocycles. The fourth-order valence-electron chi connectivity index (χ4n) is 10.9. The van der Waals surface area contributed by atoms with Crippen LogP contribution in [0.1, 0.15) is 103 Å². The number of hydrogen-bond acceptors (Lipinski definition) is 20. The summed E-state index contributed by atoms with van der Waals surface area (Å²) in [5, 5.41) is 71.6. The van der Waals surface area contributed by atoms with E-state index in [1.165, 1.54) is 31.2 Å². The van der Waals surface area contributed by atoms with Crippen molar-refractivity contribution < 1.29 is 77.6 Å². The summed E-state index contributed by atoms with van der Waals surface area (Å²) in [6, 6.07) is -7.66. The Labute approximate surface area is 573 Å². The van der Waals surface area contributed by atoms with E-state index >= 15 is 0 Å². The molecule has 11 amide bonds. The first-order chi connectivity index (χ1) is 47.2. The highest BCUT2D eigenvalue weighted by Crippen LogP contribution is 2.33. The molecule has 7 rings (SSSR count). The van der Waals surface area contributed by atoms with Gasteiger partial charge in [-0.05, 0) is 100 Å². The number of aliphatic hydroxyl groups excluding tert-OH is 1. The number of pyridine rings is 1. The molecule has 99 heavy (non-hydrogen) atoms. The Morgan fingerprint density at radius 3 is 2.08 bits per heavy atom. The number of rotatable bonds is 15. The van der Waals surface area contributed by atoms with Crippen molar-refractivity contribution >= 4 is 99.5 Å². The lowest BCUT2D eigenvalue weighted by Crippen LogP contribution is -2.61. The number of likely N-dealkylation sites (N-methyl/N-ethyl adjacent to an activating group) is 1. The number of hydrogen-bond donors (Lipinski definition) is 16. The second kappa shape index (κ2) is 36.6. The van der Waals surface area contributed by atoms with Gasteiger partial charge in [0.05, 0.1) is 36.4 Å². The molecule has 2 aliphatic heterocycles. The maximum Gasteiger partial charge on any atom is 0.328 e. The van der Waals surface area contributed by atoms with Crippen molar-refractivity contribution in [2.45, 2.75) is 184 Å². The number of imidazole rings is 1. The number of carbonyl (C=O) groups excluding carboxylic acids is 11. The second-order valence-electron chi connectivity index (χ2n) is 25.2. The third kappa shape index (κ3) is 23.4. The maximum atomic E-state index is 15.0. The number of fused-ring (bicyclic) bond motifs is 7. The van der Waals surface area contributed by atoms with Crippen LogP contribution in [-0.4, -0.2) is 220 Å². The van der Waals surface area contributed by atoms with Crippen LogP contribution < -0.4 is 63.8 Å². The van der Waals surface area contributed by atoms with E-state index in [2.05, 4.69) is 95.6 Å². The van der Waals surface area contributed by atoms with Crippen LogP contribution in [0.3, 0.4) is 0 Å². The monoisotopic (exact) mass is 1400 g/mol. The number of amides is 11. The Balaban J connectivity index is 1.30. The predicted molar refractivity (Wildman–Crippen MR) is 356 cm³/mol. The maximum absolute atomic E-state index is 15.0. The molecule has 1 aromatic carbocycles. The summed E-state index contributed by atoms with van der Waals surface area (Å²) in [6.45, 7) is 9.09. The molecule has 4 bridgehead atoms. The molecule has 3 aliphatic rings. The van der Waals surface area contributed by atoms with E-state index in [1.54, 1.807) is 56.6 Å². The molecule has 35 heteroatoms. The van der Waals surface area contributed by atoms with Gasteiger partial charge in [-0.1, -0.05) is 62.7 Å². The summed E-state index contributed by atoms with van der Waals surface area (Å²) in [6.07, 6.45) is 3.77. The number of aromatic nitrogens is 6. The molecule has 16 N–H and O–H groups in total. The van der Waals surface area contributed by atoms with Crippen LogP contribution in [0.25, 0.3) is 10.8 Å². The van der Waals surface area contributed by atoms with E-state index in [1.807, 2.05) is 0 Å². The van der Waals surface area contributed by atoms with Gasteiger partial charge in [0.25, 0.3) is 0 Å². The minimum absolute atomic E-state index is 0.00658. The zero-order valence-electron chi connectivity index (χ0n) is 55.6. The normalized spacial score (nSPS) is 25.4. The predicted octanol–water partition coefficient (Wildman–Crippen LogP) is -3.19. The topological polar surface area (TPSA) is 499 Å². The second-order valence-corrected chi connectivity index (χ2v) is 26.3. The number of nitrogens with one attached hydrogen (secondary N) is 13. The number of H-pyrrole nitrogens is 1. The van der Waals surface area contributed by atoms with Gasteiger partial charge < -0.3 is 84.1 Å². The average Bonchev–Trinajstić information content (AvgIpc) is 1.81. The number of nitrogens with zero attached hydrogens (tertiary/aromatic N) is 5. The smallest absolute Gasteiger partial charge is 0.328 e. The molecule has 1 aliphatic carbocycles. The molecule has 3 aromatic heterocycles. The van der Waals surface area contributed by atoms with Gasteiger partial charge in [-0.15, -0.1) is 5.10 Å². The van der Waals surface area contributed by atoms with Crippen LogP contribution in [-0.2, 0) is 88.1 Å². The van der Waals surface area contributed by atoms with Crippen LogP contribution in [0.4, 0.5) is 0 Å². The van der Waals surface area contributed by atoms with Crippen molar-refractivity contribution in [1.82, 2.24) is 93.7 Å². The molecule has 0 saturated heterocycles. The molecule has 0 spiro atoms. The van der Waals surface area contributed by atoms with Crippen LogP contribution >= 0.6 is 11.8 Å². The summed E-state index contributed by atoms with van der Waals surface area (Å²) in [7, 11) is 1.48. The zero-order chi connectivity index (χ0) is 72.0. The molecule has 4 aromatic rings. The SMILES string of the molecule is C=C1CCCn2cc(nn2)CC[C@@H]2NC(=O)[C@H](C)NC(=O)[C@@H](NC)CSCC[C@@H](C(=O)N[C@H](C(=O)O)[C@@H](C)O)NC(=O)[C@H](Cc3cc4ccccc4cn3)NC(=O)[C@H](C(C)C)NC(=O)[C@H]1NC(=O)[C@H](CCC(=O)O)NC(=O)CNC(=O)[C@H](CC1CC1)NC(=O)[C@H](Cc1c[nH]cn1)NC2=O. The van der Waals surface area contributed by atoms with E-state index in [9.17, 15) is 77.6 Å². The molecule has 0 unspecified atom stereocenters. The van der Waals surface area contributed by atoms with Gasteiger partial charge in [0.1, 0.15) is 54.4 Å². The third-order valence-electron chi connectivity index (χ3n) is 16.9. The Morgan fingerprint density at radius 1 is 0.727 bits per heavy atom. The standard InChI is InChI=1S/C64H88N18O16S/c1-32(2)51-62(95)76-46(24-40-23-37-11-7-8-12-38(37)26-67-40)59(92)73-44(58(91)79-53(35(5)83)64(97)98)19-21-99-30-48(65-6)61(94)70-34(4)54(87)72-43-16-15-39-29-82(81-80-39)20-9-10-33(3)52(63(96)77-51)78-57(90)42(17-18-50(85)86)71-49(84)28-68-55(88)45(22-36-13-14-36)74-60(93)47(75-56(43)89)25-41-27-66-31-69-41/h7-8,11-12,23,26-27,29,31-32,34-36,42-48,51-53,65,83H,3,9-10,13-22,24-25,28,30H2,1-2,4-6H3,(H,66,69)(H,68,88)(H,70,94)(H,71,84)(H,72,87)(H,73,92)(H,74,93)(H,75,89)(H,76,95)(H,77,96)(H,78,90)(H,79,91)(H,85,86)(H,97,98)/t34-,35+,42-,43-,44-,45-,46-,47-,48-,51-,52-,53-/m0/s1. The highest BCUT2D eigenvalue weighted by molar-refractivity contribution is 7.99. The number of aryl methyl sites for hydroxylation is 2. The lowest BCUT2D eigenvalue weighted by atomic mass is 9.98. The van der Waals surface area contributed by atoms with Crippen molar-refractivity contribution in [3.8, 4) is 0 Å². The van der Waals surface area contributed by atoms with Crippen molar-refractivity contribution in [2.75, 3.05) is 25.1 Å². The van der Waals surface area contributed by atoms with Gasteiger partial charge >= 0.3 is 11.9 Å². The van der Waals surface area contributed by atoms with E-state index in [0.29, 0.717) is 29.6 Å². The number of aliphatic carboxylic acids is 2. The van der Waals surface area contributed by atoms with Gasteiger partial charge in [0.15, 0.2) is 6.04 Å². The van der Waals surface area contributed by atoms with Crippen molar-refractivity contribution in [3.63, 3.8) is 0 Å². The highest BCUT2D eigenvalue weighted by Gasteiger charge is 2.39. The summed E-state index contributed by atoms with van der Waals surface area (Å²) in [4.78, 5) is 195. The van der Waals surface area contributed by atoms with Crippen LogP contribution in [0.15, 0.2) is 67.4 Å². The van der Waals surface area contributed by atoms with Crippen LogP contribution in [0.2, 0.25) is 0 Å². The minimum atomic E-state index is -1.85. The number of carbonyl (C=O) groups is 13. The summed E-state index contributed by atoms with van der Waals surface area (Å²) < 4.78 is 1.45. The van der Waals surface area contributed by atoms with Gasteiger partial charge in [0, 0.05) is 61.2 Å². The Morgan fingerprint density at radius 2 is 1.41 bits per heavy atom. The molecular weight excluding hydrogens is 1310 g/mol. The first kappa shape index (κ1) is 76.5. The first-order valence-corrected chi connectivity index (χ1v) is 33.9. The van der Waals surface area contributed by atoms with Crippen molar-refractivity contribution in [2.24, 2.45) is 11.8 Å². The fraction of sp³-hybridized carbons (Fsp3) is 0.547. The number of aromatic amines is 1. The quantitative estimate of drug-likeness (QED) is 0.0522. The highest BCUT2D eigenvalue weighted by atomic mass is 32.2. The lowest BCUT2D eigenvalue weighted by molar-refractivity contribution is -0.145. The summed E-state index contributed by atoms with van der Waals surface area (Å²) >= 11 is 1.11. The van der Waals surface area contributed by atoms with E-state index in [0.717, 1.165) is 24.1 Å². The van der Waals surface area contributed by atoms with Gasteiger partial charge in [-0.3, -0.25) is 67.2 Å². The minimum Gasteiger partial charge on any atom is -0.481 e. The number of carboxylic acids is 2. The van der Waals surface area contributed by atoms with Crippen LogP contribution in [0.5, 0.6) is 0 Å². The zero-order valence-corrected chi connectivity index (χ0v) is 56.4. The molecular formula is C64H88N18O16S. The summed E-state index contributed by atoms with van der Waals surface area (Å²) in [5.41, 5.74) is 0.972. The average molecular weight is 1400 g/mol. The Bertz CT molecular complexity index is 3580.